The zero-order chi connectivity index (χ0) is 22.0. The number of rotatable bonds is 6. The third kappa shape index (κ3) is 4.77. The van der Waals surface area contributed by atoms with Gasteiger partial charge in [0.2, 0.25) is 0 Å². The number of hydrogen-bond donors (Lipinski definition) is 3. The number of H-pyrrole nitrogens is 1. The van der Waals surface area contributed by atoms with Crippen molar-refractivity contribution in [3.8, 4) is 0 Å². The van der Waals surface area contributed by atoms with Gasteiger partial charge in [-0.1, -0.05) is 6.07 Å². The van der Waals surface area contributed by atoms with Crippen LogP contribution in [0.4, 0.5) is 11.6 Å². The Hall–Kier alpha value is -2.78. The van der Waals surface area contributed by atoms with E-state index in [4.69, 9.17) is 0 Å². The molecule has 1 aliphatic rings. The molecule has 1 fully saturated rings. The van der Waals surface area contributed by atoms with Crippen molar-refractivity contribution in [2.24, 2.45) is 0 Å². The van der Waals surface area contributed by atoms with Gasteiger partial charge in [0.05, 0.1) is 10.1 Å². The second kappa shape index (κ2) is 8.76. The number of sulfone groups is 1. The summed E-state index contributed by atoms with van der Waals surface area (Å²) < 4.78 is 26.3. The smallest absolute Gasteiger partial charge is 0.181 e. The summed E-state index contributed by atoms with van der Waals surface area (Å²) in [7, 11) is -3.36. The highest BCUT2D eigenvalue weighted by Gasteiger charge is 2.29. The van der Waals surface area contributed by atoms with Gasteiger partial charge < -0.3 is 10.6 Å². The summed E-state index contributed by atoms with van der Waals surface area (Å²) in [5, 5.41) is 13.3. The van der Waals surface area contributed by atoms with Crippen molar-refractivity contribution in [2.45, 2.75) is 50.2 Å². The summed E-state index contributed by atoms with van der Waals surface area (Å²) in [5.41, 5.74) is 3.84. The van der Waals surface area contributed by atoms with Crippen LogP contribution in [0.2, 0.25) is 0 Å². The fourth-order valence-corrected chi connectivity index (χ4v) is 5.76. The maximum atomic E-state index is 13.2. The molecule has 0 unspecified atom stereocenters. The second-order valence-electron chi connectivity index (χ2n) is 8.13. The molecular formula is C22H28N6O2S. The van der Waals surface area contributed by atoms with E-state index in [0.717, 1.165) is 41.3 Å². The lowest BCUT2D eigenvalue weighted by Gasteiger charge is -2.23. The van der Waals surface area contributed by atoms with E-state index in [9.17, 15) is 8.42 Å². The van der Waals surface area contributed by atoms with Crippen molar-refractivity contribution >= 4 is 21.5 Å². The van der Waals surface area contributed by atoms with E-state index in [1.807, 2.05) is 26.8 Å². The van der Waals surface area contributed by atoms with Gasteiger partial charge >= 0.3 is 0 Å². The Labute approximate surface area is 182 Å². The van der Waals surface area contributed by atoms with Gasteiger partial charge in [0.25, 0.3) is 0 Å². The molecule has 3 aromatic rings. The Morgan fingerprint density at radius 2 is 1.90 bits per heavy atom. The molecule has 0 radical (unpaired) electrons. The molecular weight excluding hydrogens is 412 g/mol. The number of aromatic nitrogens is 4. The molecule has 1 aromatic carbocycles. The molecule has 1 saturated heterocycles. The molecule has 3 heterocycles. The number of benzene rings is 1. The number of aryl methyl sites for hydroxylation is 2. The first-order valence-corrected chi connectivity index (χ1v) is 12.0. The molecule has 164 valence electrons. The SMILES string of the molecule is Cc1cc(Cc2nccc(Nc3n[nH]c(C)c3C)n2)cc(S(=O)(=O)C2CCNCC2)c1. The second-order valence-corrected chi connectivity index (χ2v) is 10.4. The molecule has 3 N–H and O–H groups in total. The molecule has 0 bridgehead atoms. The Kier molecular flexibility index (Phi) is 6.06. The summed E-state index contributed by atoms with van der Waals surface area (Å²) in [6, 6.07) is 7.32. The highest BCUT2D eigenvalue weighted by Crippen LogP contribution is 2.25. The topological polar surface area (TPSA) is 113 Å². The summed E-state index contributed by atoms with van der Waals surface area (Å²) in [6.07, 6.45) is 3.44. The van der Waals surface area contributed by atoms with E-state index < -0.39 is 9.84 Å². The number of hydrogen-bond acceptors (Lipinski definition) is 7. The van der Waals surface area contributed by atoms with E-state index in [1.54, 1.807) is 24.4 Å². The van der Waals surface area contributed by atoms with E-state index >= 15 is 0 Å². The average molecular weight is 441 g/mol. The van der Waals surface area contributed by atoms with Crippen molar-refractivity contribution in [1.29, 1.82) is 0 Å². The number of anilines is 2. The fraction of sp³-hybridized carbons (Fsp3) is 0.409. The molecule has 0 atom stereocenters. The van der Waals surface area contributed by atoms with Crippen molar-refractivity contribution in [3.63, 3.8) is 0 Å². The highest BCUT2D eigenvalue weighted by molar-refractivity contribution is 7.92. The summed E-state index contributed by atoms with van der Waals surface area (Å²) in [5.74, 6) is 1.99. The molecule has 0 amide bonds. The van der Waals surface area contributed by atoms with Crippen LogP contribution >= 0.6 is 0 Å². The van der Waals surface area contributed by atoms with E-state index in [0.29, 0.717) is 35.8 Å². The number of nitrogens with zero attached hydrogens (tertiary/aromatic N) is 3. The van der Waals surface area contributed by atoms with Crippen LogP contribution in [0.15, 0.2) is 35.4 Å². The minimum Gasteiger partial charge on any atom is -0.323 e. The maximum Gasteiger partial charge on any atom is 0.181 e. The minimum absolute atomic E-state index is 0.326. The average Bonchev–Trinajstić information content (AvgIpc) is 3.06. The quantitative estimate of drug-likeness (QED) is 0.540. The Morgan fingerprint density at radius 1 is 1.13 bits per heavy atom. The molecule has 0 spiro atoms. The van der Waals surface area contributed by atoms with Crippen molar-refractivity contribution < 1.29 is 8.42 Å². The Morgan fingerprint density at radius 3 is 2.61 bits per heavy atom. The van der Waals surface area contributed by atoms with Gasteiger partial charge in [-0.15, -0.1) is 0 Å². The number of piperidine rings is 1. The van der Waals surface area contributed by atoms with Crippen LogP contribution in [0.5, 0.6) is 0 Å². The lowest BCUT2D eigenvalue weighted by molar-refractivity contribution is 0.496. The van der Waals surface area contributed by atoms with Crippen LogP contribution in [0.3, 0.4) is 0 Å². The van der Waals surface area contributed by atoms with Crippen LogP contribution in [-0.4, -0.2) is 46.9 Å². The molecule has 8 nitrogen and oxygen atoms in total. The van der Waals surface area contributed by atoms with Crippen molar-refractivity contribution in [3.05, 3.63) is 58.7 Å². The maximum absolute atomic E-state index is 13.2. The first-order chi connectivity index (χ1) is 14.8. The first-order valence-electron chi connectivity index (χ1n) is 10.5. The van der Waals surface area contributed by atoms with Crippen molar-refractivity contribution in [1.82, 2.24) is 25.5 Å². The standard InChI is InChI=1S/C22H28N6O2S/c1-14-10-17(12-19(11-14)31(29,30)18-4-7-23-8-5-18)13-21-24-9-6-20(25-21)26-22-15(2)16(3)27-28-22/h6,9-12,18,23H,4-5,7-8,13H2,1-3H3,(H2,24,25,26,27,28). The molecule has 4 rings (SSSR count). The zero-order valence-electron chi connectivity index (χ0n) is 18.1. The fourth-order valence-electron chi connectivity index (χ4n) is 3.85. The van der Waals surface area contributed by atoms with Crippen LogP contribution in [0, 0.1) is 20.8 Å². The molecule has 0 aliphatic carbocycles. The zero-order valence-corrected chi connectivity index (χ0v) is 18.9. The van der Waals surface area contributed by atoms with Gasteiger partial charge in [0.15, 0.2) is 15.7 Å². The monoisotopic (exact) mass is 440 g/mol. The summed E-state index contributed by atoms with van der Waals surface area (Å²) in [6.45, 7) is 7.36. The third-order valence-electron chi connectivity index (χ3n) is 5.73. The molecule has 1 aliphatic heterocycles. The molecule has 9 heteroatoms. The van der Waals surface area contributed by atoms with Gasteiger partial charge in [-0.2, -0.15) is 5.10 Å². The number of aromatic amines is 1. The van der Waals surface area contributed by atoms with E-state index in [2.05, 4.69) is 30.8 Å². The van der Waals surface area contributed by atoms with Gasteiger partial charge in [-0.05, 0) is 76.0 Å². The van der Waals surface area contributed by atoms with Gasteiger partial charge in [-0.3, -0.25) is 5.10 Å². The predicted octanol–water partition coefficient (Wildman–Crippen LogP) is 2.99. The Balaban J connectivity index is 1.56. The first kappa shape index (κ1) is 21.5. The predicted molar refractivity (Wildman–Crippen MR) is 120 cm³/mol. The lowest BCUT2D eigenvalue weighted by atomic mass is 10.1. The number of nitrogens with one attached hydrogen (secondary N) is 3. The third-order valence-corrected chi connectivity index (χ3v) is 7.97. The van der Waals surface area contributed by atoms with Crippen LogP contribution < -0.4 is 10.6 Å². The van der Waals surface area contributed by atoms with Crippen molar-refractivity contribution in [2.75, 3.05) is 18.4 Å². The minimum atomic E-state index is -3.36. The van der Waals surface area contributed by atoms with Crippen LogP contribution in [0.1, 0.15) is 41.1 Å². The van der Waals surface area contributed by atoms with E-state index in [1.165, 1.54) is 0 Å². The molecule has 2 aromatic heterocycles. The van der Waals surface area contributed by atoms with Crippen LogP contribution in [0.25, 0.3) is 0 Å². The van der Waals surface area contributed by atoms with Crippen LogP contribution in [-0.2, 0) is 16.3 Å². The molecule has 31 heavy (non-hydrogen) atoms. The van der Waals surface area contributed by atoms with Gasteiger partial charge in [-0.25, -0.2) is 18.4 Å². The summed E-state index contributed by atoms with van der Waals surface area (Å²) in [4.78, 5) is 9.36. The van der Waals surface area contributed by atoms with Gasteiger partial charge in [0, 0.05) is 23.9 Å². The lowest BCUT2D eigenvalue weighted by Crippen LogP contribution is -2.35. The van der Waals surface area contributed by atoms with Gasteiger partial charge in [0.1, 0.15) is 11.6 Å². The largest absolute Gasteiger partial charge is 0.323 e. The Bertz CT molecular complexity index is 1180. The normalized spacial score (nSPS) is 15.2. The molecule has 0 saturated carbocycles. The highest BCUT2D eigenvalue weighted by atomic mass is 32.2. The van der Waals surface area contributed by atoms with E-state index in [-0.39, 0.29) is 5.25 Å². The summed E-state index contributed by atoms with van der Waals surface area (Å²) >= 11 is 0.